The molecule has 1 amide bonds. The molecule has 20 heavy (non-hydrogen) atoms. The molecule has 5 heteroatoms. The lowest BCUT2D eigenvalue weighted by molar-refractivity contribution is -0.131. The highest BCUT2D eigenvalue weighted by molar-refractivity contribution is 9.10. The molecule has 1 atom stereocenters. The molecule has 1 unspecified atom stereocenters. The van der Waals surface area contributed by atoms with Crippen LogP contribution in [0.3, 0.4) is 0 Å². The van der Waals surface area contributed by atoms with E-state index >= 15 is 0 Å². The van der Waals surface area contributed by atoms with Gasteiger partial charge in [-0.05, 0) is 23.8 Å². The topological polar surface area (TPSA) is 23.6 Å². The molecule has 112 valence electrons. The Kier molecular flexibility index (Phi) is 6.05. The number of thiophene rings is 1. The third-order valence-electron chi connectivity index (χ3n) is 3.68. The van der Waals surface area contributed by atoms with Crippen LogP contribution in [0, 0.1) is 5.92 Å². The maximum atomic E-state index is 12.4. The number of hydrogen-bond donors (Lipinski definition) is 0. The molecule has 1 aliphatic heterocycles. The van der Waals surface area contributed by atoms with Crippen LogP contribution >= 0.6 is 27.3 Å². The van der Waals surface area contributed by atoms with Crippen molar-refractivity contribution in [3.05, 3.63) is 22.4 Å². The Morgan fingerprint density at radius 1 is 1.35 bits per heavy atom. The van der Waals surface area contributed by atoms with E-state index in [1.54, 1.807) is 0 Å². The molecule has 1 aromatic rings. The first kappa shape index (κ1) is 16.0. The molecular weight excluding hydrogens is 336 g/mol. The van der Waals surface area contributed by atoms with Gasteiger partial charge in [0.05, 0.1) is 4.83 Å². The van der Waals surface area contributed by atoms with Crippen molar-refractivity contribution >= 4 is 33.2 Å². The van der Waals surface area contributed by atoms with Crippen LogP contribution in [0.2, 0.25) is 0 Å². The third kappa shape index (κ3) is 4.30. The normalized spacial score (nSPS) is 19.1. The maximum Gasteiger partial charge on any atom is 0.236 e. The van der Waals surface area contributed by atoms with Crippen molar-refractivity contribution in [1.82, 2.24) is 9.80 Å². The van der Waals surface area contributed by atoms with Gasteiger partial charge >= 0.3 is 0 Å². The Hall–Kier alpha value is -0.390. The molecular formula is C15H23BrN2OS. The summed E-state index contributed by atoms with van der Waals surface area (Å²) < 4.78 is 0. The summed E-state index contributed by atoms with van der Waals surface area (Å²) in [5, 5.41) is 2.13. The Bertz CT molecular complexity index is 422. The summed E-state index contributed by atoms with van der Waals surface area (Å²) in [6, 6.07) is 4.29. The van der Waals surface area contributed by atoms with Crippen LogP contribution in [0.5, 0.6) is 0 Å². The van der Waals surface area contributed by atoms with E-state index in [-0.39, 0.29) is 10.7 Å². The minimum absolute atomic E-state index is 0.0497. The average molecular weight is 359 g/mol. The van der Waals surface area contributed by atoms with Crippen molar-refractivity contribution in [3.63, 3.8) is 0 Å². The molecule has 1 aliphatic rings. The second-order valence-electron chi connectivity index (χ2n) is 5.68. The standard InChI is InChI=1S/C15H23BrN2OS/c1-12(2)14(16)15(19)18-7-4-6-17(8-9-18)11-13-5-3-10-20-13/h3,5,10,12,14H,4,6-9,11H2,1-2H3. The predicted octanol–water partition coefficient (Wildman–Crippen LogP) is 3.20. The van der Waals surface area contributed by atoms with Gasteiger partial charge < -0.3 is 4.90 Å². The SMILES string of the molecule is CC(C)C(Br)C(=O)N1CCCN(Cc2cccs2)CC1. The Morgan fingerprint density at radius 2 is 2.15 bits per heavy atom. The highest BCUT2D eigenvalue weighted by atomic mass is 79.9. The van der Waals surface area contributed by atoms with E-state index in [0.29, 0.717) is 5.92 Å². The van der Waals surface area contributed by atoms with Gasteiger partial charge in [-0.1, -0.05) is 35.8 Å². The van der Waals surface area contributed by atoms with Crippen molar-refractivity contribution in [1.29, 1.82) is 0 Å². The van der Waals surface area contributed by atoms with Crippen LogP contribution in [-0.4, -0.2) is 46.7 Å². The largest absolute Gasteiger partial charge is 0.340 e. The maximum absolute atomic E-state index is 12.4. The van der Waals surface area contributed by atoms with E-state index in [2.05, 4.69) is 52.2 Å². The van der Waals surface area contributed by atoms with E-state index in [1.807, 2.05) is 16.2 Å². The lowest BCUT2D eigenvalue weighted by Gasteiger charge is -2.25. The van der Waals surface area contributed by atoms with Crippen LogP contribution in [0.1, 0.15) is 25.1 Å². The fraction of sp³-hybridized carbons (Fsp3) is 0.667. The van der Waals surface area contributed by atoms with Gasteiger partial charge in [0.25, 0.3) is 0 Å². The van der Waals surface area contributed by atoms with Gasteiger partial charge in [0, 0.05) is 37.6 Å². The Labute approximate surface area is 134 Å². The summed E-state index contributed by atoms with van der Waals surface area (Å²) in [5.74, 6) is 0.589. The molecule has 0 bridgehead atoms. The van der Waals surface area contributed by atoms with Gasteiger partial charge in [0.1, 0.15) is 0 Å². The molecule has 0 aromatic carbocycles. The van der Waals surface area contributed by atoms with E-state index < -0.39 is 0 Å². The zero-order chi connectivity index (χ0) is 14.5. The summed E-state index contributed by atoms with van der Waals surface area (Å²) in [6.07, 6.45) is 1.06. The van der Waals surface area contributed by atoms with Crippen LogP contribution in [0.4, 0.5) is 0 Å². The van der Waals surface area contributed by atoms with Crippen LogP contribution in [0.15, 0.2) is 17.5 Å². The van der Waals surface area contributed by atoms with Gasteiger partial charge in [-0.15, -0.1) is 11.3 Å². The molecule has 3 nitrogen and oxygen atoms in total. The highest BCUT2D eigenvalue weighted by Gasteiger charge is 2.26. The van der Waals surface area contributed by atoms with Crippen LogP contribution < -0.4 is 0 Å². The second-order valence-corrected chi connectivity index (χ2v) is 7.70. The zero-order valence-corrected chi connectivity index (χ0v) is 14.6. The Morgan fingerprint density at radius 3 is 2.80 bits per heavy atom. The van der Waals surface area contributed by atoms with E-state index in [9.17, 15) is 4.79 Å². The minimum Gasteiger partial charge on any atom is -0.340 e. The van der Waals surface area contributed by atoms with E-state index in [4.69, 9.17) is 0 Å². The number of carbonyl (C=O) groups excluding carboxylic acids is 1. The fourth-order valence-corrected chi connectivity index (χ4v) is 3.47. The first-order valence-corrected chi connectivity index (χ1v) is 9.05. The first-order valence-electron chi connectivity index (χ1n) is 7.25. The van der Waals surface area contributed by atoms with Crippen LogP contribution in [0.25, 0.3) is 0 Å². The number of nitrogens with zero attached hydrogens (tertiary/aromatic N) is 2. The van der Waals surface area contributed by atoms with Gasteiger partial charge in [0.15, 0.2) is 0 Å². The van der Waals surface area contributed by atoms with Gasteiger partial charge in [0.2, 0.25) is 5.91 Å². The zero-order valence-electron chi connectivity index (χ0n) is 12.2. The van der Waals surface area contributed by atoms with E-state index in [0.717, 1.165) is 39.1 Å². The molecule has 0 radical (unpaired) electrons. The molecule has 2 rings (SSSR count). The monoisotopic (exact) mass is 358 g/mol. The predicted molar refractivity (Wildman–Crippen MR) is 88.3 cm³/mol. The quantitative estimate of drug-likeness (QED) is 0.771. The average Bonchev–Trinajstić information content (AvgIpc) is 2.82. The lowest BCUT2D eigenvalue weighted by atomic mass is 10.1. The van der Waals surface area contributed by atoms with Crippen molar-refractivity contribution in [2.45, 2.75) is 31.6 Å². The number of carbonyl (C=O) groups is 1. The number of halogens is 1. The number of rotatable bonds is 4. The molecule has 0 saturated carbocycles. The van der Waals surface area contributed by atoms with Gasteiger partial charge in [-0.25, -0.2) is 0 Å². The molecule has 1 saturated heterocycles. The lowest BCUT2D eigenvalue weighted by Crippen LogP contribution is -2.40. The molecule has 1 fully saturated rings. The third-order valence-corrected chi connectivity index (χ3v) is 5.99. The summed E-state index contributed by atoms with van der Waals surface area (Å²) in [5.41, 5.74) is 0. The highest BCUT2D eigenvalue weighted by Crippen LogP contribution is 2.18. The summed E-state index contributed by atoms with van der Waals surface area (Å²) in [4.78, 5) is 18.2. The fourth-order valence-electron chi connectivity index (χ4n) is 2.43. The van der Waals surface area contributed by atoms with Crippen molar-refractivity contribution in [3.8, 4) is 0 Å². The second kappa shape index (κ2) is 7.57. The molecule has 0 aliphatic carbocycles. The Balaban J connectivity index is 1.87. The number of hydrogen-bond acceptors (Lipinski definition) is 3. The van der Waals surface area contributed by atoms with Crippen molar-refractivity contribution in [2.75, 3.05) is 26.2 Å². The first-order chi connectivity index (χ1) is 9.58. The van der Waals surface area contributed by atoms with Crippen molar-refractivity contribution < 1.29 is 4.79 Å². The molecule has 2 heterocycles. The minimum atomic E-state index is -0.0497. The summed E-state index contributed by atoms with van der Waals surface area (Å²) in [6.45, 7) is 8.96. The van der Waals surface area contributed by atoms with Gasteiger partial charge in [-0.2, -0.15) is 0 Å². The van der Waals surface area contributed by atoms with Gasteiger partial charge in [-0.3, -0.25) is 9.69 Å². The smallest absolute Gasteiger partial charge is 0.236 e. The number of amides is 1. The van der Waals surface area contributed by atoms with E-state index in [1.165, 1.54) is 4.88 Å². The molecule has 0 spiro atoms. The molecule has 0 N–H and O–H groups in total. The summed E-state index contributed by atoms with van der Waals surface area (Å²) in [7, 11) is 0. The van der Waals surface area contributed by atoms with Crippen LogP contribution in [-0.2, 0) is 11.3 Å². The van der Waals surface area contributed by atoms with Crippen molar-refractivity contribution in [2.24, 2.45) is 5.92 Å². The molecule has 1 aromatic heterocycles. The number of alkyl halides is 1. The summed E-state index contributed by atoms with van der Waals surface area (Å²) >= 11 is 5.34.